The molecule has 3 rings (SSSR count). The highest BCUT2D eigenvalue weighted by Gasteiger charge is 2.41. The Kier molecular flexibility index (Phi) is 8.95. The minimum atomic E-state index is 0. The molecule has 2 fully saturated rings. The lowest BCUT2D eigenvalue weighted by Crippen LogP contribution is -2.47. The molecule has 2 aliphatic rings. The largest absolute Gasteiger partial charge is 0.493 e. The van der Waals surface area contributed by atoms with Crippen molar-refractivity contribution in [3.05, 3.63) is 23.8 Å². The highest BCUT2D eigenvalue weighted by molar-refractivity contribution is 14.0. The Labute approximate surface area is 179 Å². The fraction of sp³-hybridized carbons (Fsp3) is 0.650. The lowest BCUT2D eigenvalue weighted by atomic mass is 9.96. The summed E-state index contributed by atoms with van der Waals surface area (Å²) in [6.07, 6.45) is 6.27. The molecule has 2 heterocycles. The number of hydrogen-bond donors (Lipinski definition) is 2. The zero-order valence-electron chi connectivity index (χ0n) is 16.5. The van der Waals surface area contributed by atoms with Crippen molar-refractivity contribution in [2.24, 2.45) is 4.99 Å². The van der Waals surface area contributed by atoms with Crippen molar-refractivity contribution in [1.82, 2.24) is 10.6 Å². The number of ether oxygens (including phenoxy) is 3. The van der Waals surface area contributed by atoms with Crippen molar-refractivity contribution in [3.63, 3.8) is 0 Å². The van der Waals surface area contributed by atoms with Gasteiger partial charge in [0.05, 0.1) is 32.0 Å². The monoisotopic (exact) mass is 489 g/mol. The molecule has 0 aromatic heterocycles. The maximum absolute atomic E-state index is 5.90. The molecule has 2 aliphatic heterocycles. The fourth-order valence-corrected chi connectivity index (χ4v) is 3.80. The minimum Gasteiger partial charge on any atom is -0.493 e. The predicted molar refractivity (Wildman–Crippen MR) is 119 cm³/mol. The number of halogens is 1. The van der Waals surface area contributed by atoms with Crippen molar-refractivity contribution in [2.75, 3.05) is 27.3 Å². The van der Waals surface area contributed by atoms with Crippen molar-refractivity contribution >= 4 is 29.9 Å². The Balaban J connectivity index is 0.00000261. The van der Waals surface area contributed by atoms with Crippen LogP contribution in [0.15, 0.2) is 23.2 Å². The summed E-state index contributed by atoms with van der Waals surface area (Å²) < 4.78 is 16.9. The van der Waals surface area contributed by atoms with Crippen LogP contribution in [0.25, 0.3) is 0 Å². The molecular weight excluding hydrogens is 457 g/mol. The Morgan fingerprint density at radius 2 is 2.15 bits per heavy atom. The van der Waals surface area contributed by atoms with Gasteiger partial charge in [-0.2, -0.15) is 0 Å². The molecule has 0 amide bonds. The number of hydrogen-bond acceptors (Lipinski definition) is 4. The van der Waals surface area contributed by atoms with Crippen molar-refractivity contribution in [1.29, 1.82) is 0 Å². The van der Waals surface area contributed by atoms with E-state index in [0.717, 1.165) is 43.3 Å². The zero-order chi connectivity index (χ0) is 18.4. The van der Waals surface area contributed by atoms with Gasteiger partial charge in [0.1, 0.15) is 0 Å². The molecule has 0 aliphatic carbocycles. The van der Waals surface area contributed by atoms with Crippen LogP contribution in [0.3, 0.4) is 0 Å². The van der Waals surface area contributed by atoms with Crippen LogP contribution in [0.4, 0.5) is 0 Å². The lowest BCUT2D eigenvalue weighted by molar-refractivity contribution is 0.0992. The summed E-state index contributed by atoms with van der Waals surface area (Å²) in [6, 6.07) is 6.54. The highest BCUT2D eigenvalue weighted by Crippen LogP contribution is 2.34. The molecule has 2 N–H and O–H groups in total. The topological polar surface area (TPSA) is 64.1 Å². The number of aliphatic imine (C=N–C) groups is 1. The average molecular weight is 489 g/mol. The van der Waals surface area contributed by atoms with Gasteiger partial charge in [0.15, 0.2) is 17.5 Å². The number of guanidine groups is 1. The Hall–Kier alpha value is -1.22. The maximum atomic E-state index is 5.90. The van der Waals surface area contributed by atoms with Crippen LogP contribution in [0.5, 0.6) is 11.5 Å². The van der Waals surface area contributed by atoms with E-state index >= 15 is 0 Å². The molecule has 1 aromatic carbocycles. The summed E-state index contributed by atoms with van der Waals surface area (Å²) in [5.41, 5.74) is 1.25. The van der Waals surface area contributed by atoms with Crippen LogP contribution >= 0.6 is 24.0 Å². The Morgan fingerprint density at radius 3 is 2.78 bits per heavy atom. The van der Waals surface area contributed by atoms with Gasteiger partial charge in [0.2, 0.25) is 0 Å². The SMILES string of the molecule is CCOc1cc(CCCNC(=NC)NC2CC3CCC2O3)ccc1OC.I. The first-order valence-corrected chi connectivity index (χ1v) is 9.65. The third kappa shape index (κ3) is 5.88. The molecular formula is C20H32IN3O3. The smallest absolute Gasteiger partial charge is 0.191 e. The molecule has 152 valence electrons. The van der Waals surface area contributed by atoms with E-state index in [0.29, 0.717) is 24.9 Å². The maximum Gasteiger partial charge on any atom is 0.191 e. The van der Waals surface area contributed by atoms with E-state index in [9.17, 15) is 0 Å². The van der Waals surface area contributed by atoms with Gasteiger partial charge in [-0.1, -0.05) is 6.07 Å². The van der Waals surface area contributed by atoms with Crippen molar-refractivity contribution < 1.29 is 14.2 Å². The minimum absolute atomic E-state index is 0. The molecule has 7 heteroatoms. The van der Waals surface area contributed by atoms with Gasteiger partial charge in [-0.3, -0.25) is 4.99 Å². The first-order valence-electron chi connectivity index (χ1n) is 9.65. The van der Waals surface area contributed by atoms with E-state index in [-0.39, 0.29) is 24.0 Å². The van der Waals surface area contributed by atoms with Crippen LogP contribution in [0, 0.1) is 0 Å². The number of benzene rings is 1. The van der Waals surface area contributed by atoms with Crippen LogP contribution in [0.2, 0.25) is 0 Å². The second kappa shape index (κ2) is 10.9. The zero-order valence-corrected chi connectivity index (χ0v) is 18.8. The van der Waals surface area contributed by atoms with Gasteiger partial charge in [-0.05, 0) is 56.7 Å². The molecule has 0 spiro atoms. The Morgan fingerprint density at radius 1 is 1.30 bits per heavy atom. The van der Waals surface area contributed by atoms with Gasteiger partial charge in [0, 0.05) is 13.6 Å². The molecule has 2 saturated heterocycles. The molecule has 0 saturated carbocycles. The summed E-state index contributed by atoms with van der Waals surface area (Å²) in [5, 5.41) is 6.93. The molecule has 27 heavy (non-hydrogen) atoms. The quantitative estimate of drug-likeness (QED) is 0.254. The van der Waals surface area contributed by atoms with Gasteiger partial charge in [0.25, 0.3) is 0 Å². The first kappa shape index (κ1) is 22.1. The van der Waals surface area contributed by atoms with Gasteiger partial charge in [-0.25, -0.2) is 0 Å². The second-order valence-electron chi connectivity index (χ2n) is 6.88. The molecule has 3 unspecified atom stereocenters. The van der Waals surface area contributed by atoms with E-state index in [1.807, 2.05) is 20.0 Å². The average Bonchev–Trinajstić information content (AvgIpc) is 3.27. The summed E-state index contributed by atoms with van der Waals surface area (Å²) >= 11 is 0. The predicted octanol–water partition coefficient (Wildman–Crippen LogP) is 3.13. The molecule has 0 radical (unpaired) electrons. The molecule has 1 aromatic rings. The van der Waals surface area contributed by atoms with Gasteiger partial charge >= 0.3 is 0 Å². The number of nitrogens with zero attached hydrogens (tertiary/aromatic N) is 1. The normalized spacial score (nSPS) is 23.7. The lowest BCUT2D eigenvalue weighted by Gasteiger charge is -2.22. The number of aryl methyl sites for hydroxylation is 1. The van der Waals surface area contributed by atoms with Crippen LogP contribution in [-0.2, 0) is 11.2 Å². The van der Waals surface area contributed by atoms with E-state index in [1.54, 1.807) is 7.11 Å². The fourth-order valence-electron chi connectivity index (χ4n) is 3.80. The summed E-state index contributed by atoms with van der Waals surface area (Å²) in [5.74, 6) is 2.47. The number of nitrogens with one attached hydrogen (secondary N) is 2. The molecule has 6 nitrogen and oxygen atoms in total. The van der Waals surface area contributed by atoms with Gasteiger partial charge in [-0.15, -0.1) is 24.0 Å². The molecule has 3 atom stereocenters. The number of methoxy groups -OCH3 is 1. The van der Waals surface area contributed by atoms with E-state index in [4.69, 9.17) is 14.2 Å². The second-order valence-corrected chi connectivity index (χ2v) is 6.88. The third-order valence-electron chi connectivity index (χ3n) is 5.11. The summed E-state index contributed by atoms with van der Waals surface area (Å²) in [6.45, 7) is 3.49. The van der Waals surface area contributed by atoms with E-state index in [2.05, 4.69) is 27.8 Å². The Bertz CT molecular complexity index is 626. The molecule has 2 bridgehead atoms. The first-order chi connectivity index (χ1) is 12.7. The van der Waals surface area contributed by atoms with Crippen LogP contribution in [-0.4, -0.2) is 51.5 Å². The van der Waals surface area contributed by atoms with Crippen molar-refractivity contribution in [3.8, 4) is 11.5 Å². The van der Waals surface area contributed by atoms with E-state index < -0.39 is 0 Å². The summed E-state index contributed by atoms with van der Waals surface area (Å²) in [4.78, 5) is 4.34. The van der Waals surface area contributed by atoms with Crippen LogP contribution in [0.1, 0.15) is 38.2 Å². The van der Waals surface area contributed by atoms with E-state index in [1.165, 1.54) is 18.4 Å². The number of fused-ring (bicyclic) bond motifs is 2. The number of rotatable bonds is 8. The highest BCUT2D eigenvalue weighted by atomic mass is 127. The van der Waals surface area contributed by atoms with Gasteiger partial charge < -0.3 is 24.8 Å². The van der Waals surface area contributed by atoms with Crippen LogP contribution < -0.4 is 20.1 Å². The standard InChI is InChI=1S/C20H31N3O3.HI/c1-4-25-19-12-14(7-9-18(19)24-3)6-5-11-22-20(21-2)23-16-13-15-8-10-17(16)26-15;/h7,9,12,15-17H,4-6,8,10-11,13H2,1-3H3,(H2,21,22,23);1H. The summed E-state index contributed by atoms with van der Waals surface area (Å²) in [7, 11) is 3.49. The van der Waals surface area contributed by atoms with Crippen molar-refractivity contribution in [2.45, 2.75) is 57.3 Å². The third-order valence-corrected chi connectivity index (χ3v) is 5.11.